The first kappa shape index (κ1) is 11.3. The third kappa shape index (κ3) is 2.00. The van der Waals surface area contributed by atoms with E-state index in [4.69, 9.17) is 17.3 Å². The fraction of sp³-hybridized carbons (Fsp3) is 0.417. The van der Waals surface area contributed by atoms with Crippen LogP contribution in [0, 0.1) is 0 Å². The quantitative estimate of drug-likeness (QED) is 0.830. The molecule has 0 aliphatic carbocycles. The van der Waals surface area contributed by atoms with E-state index in [0.717, 1.165) is 24.2 Å². The van der Waals surface area contributed by atoms with Crippen LogP contribution in [0.4, 0.5) is 5.82 Å². The van der Waals surface area contributed by atoms with Gasteiger partial charge in [0.15, 0.2) is 5.65 Å². The van der Waals surface area contributed by atoms with Gasteiger partial charge in [0.1, 0.15) is 5.82 Å². The van der Waals surface area contributed by atoms with E-state index in [9.17, 15) is 0 Å². The Bertz CT molecular complexity index is 490. The maximum Gasteiger partial charge on any atom is 0.157 e. The van der Waals surface area contributed by atoms with Crippen molar-refractivity contribution in [1.82, 2.24) is 9.38 Å². The van der Waals surface area contributed by atoms with Gasteiger partial charge in [-0.25, -0.2) is 4.98 Å². The molecule has 2 aromatic rings. The summed E-state index contributed by atoms with van der Waals surface area (Å²) in [6.07, 6.45) is 6.36. The average molecular weight is 238 g/mol. The molecule has 0 spiro atoms. The van der Waals surface area contributed by atoms with Gasteiger partial charge in [0.05, 0.1) is 10.7 Å². The van der Waals surface area contributed by atoms with E-state index in [1.165, 1.54) is 12.8 Å². The molecule has 16 heavy (non-hydrogen) atoms. The van der Waals surface area contributed by atoms with Gasteiger partial charge in [0.2, 0.25) is 0 Å². The number of aryl methyl sites for hydroxylation is 1. The topological polar surface area (TPSA) is 43.3 Å². The predicted octanol–water partition coefficient (Wildman–Crippen LogP) is 3.30. The number of aromatic nitrogens is 2. The molecule has 2 N–H and O–H groups in total. The first-order valence-electron chi connectivity index (χ1n) is 5.65. The van der Waals surface area contributed by atoms with E-state index in [0.29, 0.717) is 10.8 Å². The van der Waals surface area contributed by atoms with Crippen LogP contribution in [0.1, 0.15) is 31.9 Å². The van der Waals surface area contributed by atoms with Gasteiger partial charge in [0, 0.05) is 6.20 Å². The molecule has 0 fully saturated rings. The molecule has 0 aromatic carbocycles. The number of unbranched alkanes of at least 4 members (excludes halogenated alkanes) is 2. The largest absolute Gasteiger partial charge is 0.383 e. The maximum absolute atomic E-state index is 6.06. The van der Waals surface area contributed by atoms with Crippen LogP contribution in [0.25, 0.3) is 5.65 Å². The summed E-state index contributed by atoms with van der Waals surface area (Å²) >= 11 is 6.06. The van der Waals surface area contributed by atoms with Crippen LogP contribution in [0.2, 0.25) is 5.02 Å². The molecule has 0 aliphatic rings. The second-order valence-corrected chi connectivity index (χ2v) is 4.36. The predicted molar refractivity (Wildman–Crippen MR) is 67.8 cm³/mol. The molecular formula is C12H16ClN3. The van der Waals surface area contributed by atoms with Crippen LogP contribution in [0.3, 0.4) is 0 Å². The minimum atomic E-state index is 0.649. The number of halogens is 1. The zero-order valence-electron chi connectivity index (χ0n) is 9.41. The molecule has 0 amide bonds. The number of pyridine rings is 1. The van der Waals surface area contributed by atoms with Crippen LogP contribution < -0.4 is 5.73 Å². The lowest BCUT2D eigenvalue weighted by Crippen LogP contribution is -1.96. The van der Waals surface area contributed by atoms with E-state index in [2.05, 4.69) is 11.9 Å². The molecule has 2 rings (SSSR count). The molecule has 4 heteroatoms. The Hall–Kier alpha value is -1.22. The summed E-state index contributed by atoms with van der Waals surface area (Å²) in [5.41, 5.74) is 7.75. The Morgan fingerprint density at radius 3 is 2.94 bits per heavy atom. The Morgan fingerprint density at radius 1 is 1.44 bits per heavy atom. The van der Waals surface area contributed by atoms with Crippen LogP contribution in [-0.4, -0.2) is 9.38 Å². The van der Waals surface area contributed by atoms with Crippen molar-refractivity contribution in [2.75, 3.05) is 5.73 Å². The standard InChI is InChI=1S/C12H16ClN3/c1-2-3-4-7-10-11(14)16-8-5-6-9(13)12(16)15-10/h5-6,8H,2-4,7,14H2,1H3. The molecule has 86 valence electrons. The fourth-order valence-corrected chi connectivity index (χ4v) is 2.03. The summed E-state index contributed by atoms with van der Waals surface area (Å²) in [5.74, 6) is 0.716. The van der Waals surface area contributed by atoms with Crippen molar-refractivity contribution in [3.63, 3.8) is 0 Å². The summed E-state index contributed by atoms with van der Waals surface area (Å²) in [5, 5.41) is 0.649. The van der Waals surface area contributed by atoms with Gasteiger partial charge in [-0.2, -0.15) is 0 Å². The molecule has 3 nitrogen and oxygen atoms in total. The van der Waals surface area contributed by atoms with Gasteiger partial charge in [0.25, 0.3) is 0 Å². The summed E-state index contributed by atoms with van der Waals surface area (Å²) in [6, 6.07) is 3.71. The highest BCUT2D eigenvalue weighted by atomic mass is 35.5. The highest BCUT2D eigenvalue weighted by molar-refractivity contribution is 6.33. The number of nitrogens with two attached hydrogens (primary N) is 1. The lowest BCUT2D eigenvalue weighted by atomic mass is 10.1. The molecule has 0 radical (unpaired) electrons. The van der Waals surface area contributed by atoms with E-state index in [1.807, 2.05) is 22.7 Å². The van der Waals surface area contributed by atoms with Crippen molar-refractivity contribution >= 4 is 23.1 Å². The molecule has 2 aromatic heterocycles. The SMILES string of the molecule is CCCCCc1nc2c(Cl)cccn2c1N. The van der Waals surface area contributed by atoms with Gasteiger partial charge in [-0.3, -0.25) is 4.40 Å². The van der Waals surface area contributed by atoms with E-state index in [-0.39, 0.29) is 0 Å². The van der Waals surface area contributed by atoms with Crippen LogP contribution in [-0.2, 0) is 6.42 Å². The first-order chi connectivity index (χ1) is 7.74. The third-order valence-corrected chi connectivity index (χ3v) is 3.03. The van der Waals surface area contributed by atoms with Crippen LogP contribution >= 0.6 is 11.6 Å². The smallest absolute Gasteiger partial charge is 0.157 e. The molecular weight excluding hydrogens is 222 g/mol. The first-order valence-corrected chi connectivity index (χ1v) is 6.02. The molecule has 0 aliphatic heterocycles. The Morgan fingerprint density at radius 2 is 2.25 bits per heavy atom. The zero-order valence-corrected chi connectivity index (χ0v) is 10.2. The Labute approximate surface area is 100 Å². The number of hydrogen-bond acceptors (Lipinski definition) is 2. The van der Waals surface area contributed by atoms with Crippen molar-refractivity contribution in [2.45, 2.75) is 32.6 Å². The second kappa shape index (κ2) is 4.74. The Kier molecular flexibility index (Phi) is 3.34. The van der Waals surface area contributed by atoms with Gasteiger partial charge in [-0.1, -0.05) is 31.4 Å². The summed E-state index contributed by atoms with van der Waals surface area (Å²) in [7, 11) is 0. The van der Waals surface area contributed by atoms with E-state index < -0.39 is 0 Å². The van der Waals surface area contributed by atoms with Crippen molar-refractivity contribution in [2.24, 2.45) is 0 Å². The number of nitrogens with zero attached hydrogens (tertiary/aromatic N) is 2. The lowest BCUT2D eigenvalue weighted by molar-refractivity contribution is 0.711. The molecule has 0 bridgehead atoms. The second-order valence-electron chi connectivity index (χ2n) is 3.95. The van der Waals surface area contributed by atoms with Gasteiger partial charge >= 0.3 is 0 Å². The van der Waals surface area contributed by atoms with E-state index >= 15 is 0 Å². The maximum atomic E-state index is 6.06. The number of imidazole rings is 1. The molecule has 0 unspecified atom stereocenters. The molecule has 0 saturated heterocycles. The lowest BCUT2D eigenvalue weighted by Gasteiger charge is -1.98. The number of hydrogen-bond donors (Lipinski definition) is 1. The molecule has 0 atom stereocenters. The van der Waals surface area contributed by atoms with E-state index in [1.54, 1.807) is 0 Å². The summed E-state index contributed by atoms with van der Waals surface area (Å²) in [6.45, 7) is 2.18. The van der Waals surface area contributed by atoms with Crippen LogP contribution in [0.5, 0.6) is 0 Å². The monoisotopic (exact) mass is 237 g/mol. The van der Waals surface area contributed by atoms with Crippen molar-refractivity contribution in [1.29, 1.82) is 0 Å². The van der Waals surface area contributed by atoms with Crippen molar-refractivity contribution < 1.29 is 0 Å². The van der Waals surface area contributed by atoms with Crippen molar-refractivity contribution in [3.05, 3.63) is 29.0 Å². The minimum Gasteiger partial charge on any atom is -0.383 e. The molecule has 0 saturated carbocycles. The Balaban J connectivity index is 2.33. The third-order valence-electron chi connectivity index (χ3n) is 2.73. The summed E-state index contributed by atoms with van der Waals surface area (Å²) in [4.78, 5) is 4.49. The number of anilines is 1. The number of nitrogen functional groups attached to an aromatic ring is 1. The number of fused-ring (bicyclic) bond motifs is 1. The van der Waals surface area contributed by atoms with Gasteiger partial charge in [-0.05, 0) is 25.0 Å². The van der Waals surface area contributed by atoms with Gasteiger partial charge in [-0.15, -0.1) is 0 Å². The summed E-state index contributed by atoms with van der Waals surface area (Å²) < 4.78 is 1.85. The van der Waals surface area contributed by atoms with Crippen molar-refractivity contribution in [3.8, 4) is 0 Å². The molecule has 2 heterocycles. The van der Waals surface area contributed by atoms with Crippen LogP contribution in [0.15, 0.2) is 18.3 Å². The number of rotatable bonds is 4. The fourth-order valence-electron chi connectivity index (χ4n) is 1.83. The highest BCUT2D eigenvalue weighted by Gasteiger charge is 2.10. The average Bonchev–Trinajstić information content (AvgIpc) is 2.59. The normalized spacial score (nSPS) is 11.1. The zero-order chi connectivity index (χ0) is 11.5. The highest BCUT2D eigenvalue weighted by Crippen LogP contribution is 2.22. The minimum absolute atomic E-state index is 0.649. The van der Waals surface area contributed by atoms with Gasteiger partial charge < -0.3 is 5.73 Å².